The van der Waals surface area contributed by atoms with Crippen LogP contribution in [-0.2, 0) is 11.2 Å². The second-order valence-electron chi connectivity index (χ2n) is 7.07. The van der Waals surface area contributed by atoms with Gasteiger partial charge in [0.1, 0.15) is 0 Å². The van der Waals surface area contributed by atoms with E-state index in [2.05, 4.69) is 15.5 Å². The molecule has 0 bridgehead atoms. The van der Waals surface area contributed by atoms with Gasteiger partial charge in [0.2, 0.25) is 17.7 Å². The van der Waals surface area contributed by atoms with Crippen LogP contribution in [0.2, 0.25) is 10.0 Å². The maximum Gasteiger partial charge on any atom is 0.248 e. The maximum atomic E-state index is 12.6. The van der Waals surface area contributed by atoms with Crippen LogP contribution in [0.5, 0.6) is 11.5 Å². The van der Waals surface area contributed by atoms with Gasteiger partial charge >= 0.3 is 0 Å². The number of hydrogen-bond donors (Lipinski definition) is 1. The number of methoxy groups -OCH3 is 2. The fourth-order valence-corrected chi connectivity index (χ4v) is 3.77. The molecule has 168 valence electrons. The number of carbonyl (C=O) groups excluding carboxylic acids is 1. The van der Waals surface area contributed by atoms with E-state index in [0.717, 1.165) is 5.56 Å². The minimum atomic E-state index is -0.181. The van der Waals surface area contributed by atoms with Crippen molar-refractivity contribution in [3.63, 3.8) is 0 Å². The molecule has 0 saturated carbocycles. The van der Waals surface area contributed by atoms with Crippen LogP contribution >= 0.6 is 23.2 Å². The van der Waals surface area contributed by atoms with E-state index in [1.54, 1.807) is 62.8 Å². The third-order valence-corrected chi connectivity index (χ3v) is 5.18. The summed E-state index contributed by atoms with van der Waals surface area (Å²) in [5.74, 6) is 1.58. The van der Waals surface area contributed by atoms with Crippen molar-refractivity contribution in [3.05, 3.63) is 76.3 Å². The molecular formula is C24H19Cl2N3O4. The molecule has 1 heterocycles. The van der Waals surface area contributed by atoms with Gasteiger partial charge in [-0.05, 0) is 54.1 Å². The fraction of sp³-hybridized carbons (Fsp3) is 0.125. The van der Waals surface area contributed by atoms with E-state index in [4.69, 9.17) is 37.1 Å². The highest BCUT2D eigenvalue weighted by atomic mass is 35.5. The highest BCUT2D eigenvalue weighted by molar-refractivity contribution is 6.35. The molecule has 0 saturated heterocycles. The average Bonchev–Trinajstić information content (AvgIpc) is 3.29. The molecule has 0 aliphatic rings. The zero-order chi connectivity index (χ0) is 23.4. The van der Waals surface area contributed by atoms with Crippen molar-refractivity contribution in [2.75, 3.05) is 19.5 Å². The van der Waals surface area contributed by atoms with E-state index in [1.807, 2.05) is 12.1 Å². The number of amides is 1. The molecule has 33 heavy (non-hydrogen) atoms. The van der Waals surface area contributed by atoms with Gasteiger partial charge in [-0.1, -0.05) is 35.3 Å². The second kappa shape index (κ2) is 9.94. The summed E-state index contributed by atoms with van der Waals surface area (Å²) >= 11 is 12.1. The summed E-state index contributed by atoms with van der Waals surface area (Å²) in [5, 5.41) is 12.0. The predicted octanol–water partition coefficient (Wildman–Crippen LogP) is 5.91. The zero-order valence-corrected chi connectivity index (χ0v) is 19.3. The standard InChI is InChI=1S/C24H19Cl2N3O4/c1-31-20-7-6-14(8-21(20)32-2)9-22(30)27-19-5-3-4-15(12-19)23-28-29-24(33-23)16-10-17(25)13-18(26)11-16/h3-8,10-13H,9H2,1-2H3,(H,27,30). The SMILES string of the molecule is COc1ccc(CC(=O)Nc2cccc(-c3nnc(-c4cc(Cl)cc(Cl)c4)o3)c2)cc1OC. The minimum absolute atomic E-state index is 0.171. The zero-order valence-electron chi connectivity index (χ0n) is 17.8. The van der Waals surface area contributed by atoms with Gasteiger partial charge in [-0.3, -0.25) is 4.79 Å². The molecular weight excluding hydrogens is 465 g/mol. The second-order valence-corrected chi connectivity index (χ2v) is 7.94. The van der Waals surface area contributed by atoms with Gasteiger partial charge in [-0.25, -0.2) is 0 Å². The first-order chi connectivity index (χ1) is 15.9. The van der Waals surface area contributed by atoms with Crippen LogP contribution in [0, 0.1) is 0 Å². The number of carbonyl (C=O) groups is 1. The minimum Gasteiger partial charge on any atom is -0.493 e. The highest BCUT2D eigenvalue weighted by Gasteiger charge is 2.13. The number of anilines is 1. The van der Waals surface area contributed by atoms with E-state index >= 15 is 0 Å². The van der Waals surface area contributed by atoms with Gasteiger partial charge < -0.3 is 19.2 Å². The Hall–Kier alpha value is -3.55. The number of halogens is 2. The molecule has 1 aromatic heterocycles. The summed E-state index contributed by atoms with van der Waals surface area (Å²) in [5.41, 5.74) is 2.67. The molecule has 1 amide bonds. The van der Waals surface area contributed by atoms with Crippen molar-refractivity contribution < 1.29 is 18.7 Å². The molecule has 7 nitrogen and oxygen atoms in total. The summed E-state index contributed by atoms with van der Waals surface area (Å²) < 4.78 is 16.3. The lowest BCUT2D eigenvalue weighted by molar-refractivity contribution is -0.115. The van der Waals surface area contributed by atoms with Crippen molar-refractivity contribution in [1.29, 1.82) is 0 Å². The molecule has 0 aliphatic carbocycles. The van der Waals surface area contributed by atoms with Gasteiger partial charge in [0.25, 0.3) is 0 Å². The van der Waals surface area contributed by atoms with Crippen molar-refractivity contribution in [3.8, 4) is 34.4 Å². The quantitative estimate of drug-likeness (QED) is 0.351. The molecule has 0 aliphatic heterocycles. The topological polar surface area (TPSA) is 86.5 Å². The first-order valence-electron chi connectivity index (χ1n) is 9.86. The number of hydrogen-bond acceptors (Lipinski definition) is 6. The van der Waals surface area contributed by atoms with Gasteiger partial charge in [-0.2, -0.15) is 0 Å². The van der Waals surface area contributed by atoms with Gasteiger partial charge in [-0.15, -0.1) is 10.2 Å². The van der Waals surface area contributed by atoms with Crippen LogP contribution < -0.4 is 14.8 Å². The molecule has 0 unspecified atom stereocenters. The Labute approximate surface area is 200 Å². The number of nitrogens with zero attached hydrogens (tertiary/aromatic N) is 2. The normalized spacial score (nSPS) is 10.7. The number of nitrogens with one attached hydrogen (secondary N) is 1. The van der Waals surface area contributed by atoms with Crippen LogP contribution in [0.3, 0.4) is 0 Å². The van der Waals surface area contributed by atoms with Crippen molar-refractivity contribution in [2.45, 2.75) is 6.42 Å². The summed E-state index contributed by atoms with van der Waals surface area (Å²) in [6.07, 6.45) is 0.171. The molecule has 4 aromatic rings. The first-order valence-corrected chi connectivity index (χ1v) is 10.6. The molecule has 1 N–H and O–H groups in total. The summed E-state index contributed by atoms with van der Waals surface area (Å²) in [4.78, 5) is 12.6. The van der Waals surface area contributed by atoms with Crippen LogP contribution in [0.4, 0.5) is 5.69 Å². The largest absolute Gasteiger partial charge is 0.493 e. The monoisotopic (exact) mass is 483 g/mol. The molecule has 0 radical (unpaired) electrons. The van der Waals surface area contributed by atoms with E-state index in [1.165, 1.54) is 0 Å². The fourth-order valence-electron chi connectivity index (χ4n) is 3.25. The Balaban J connectivity index is 1.48. The smallest absolute Gasteiger partial charge is 0.248 e. The van der Waals surface area contributed by atoms with E-state index in [-0.39, 0.29) is 18.2 Å². The Morgan fingerprint density at radius 2 is 1.58 bits per heavy atom. The van der Waals surface area contributed by atoms with E-state index in [9.17, 15) is 4.79 Å². The molecule has 4 rings (SSSR count). The number of benzene rings is 3. The summed E-state index contributed by atoms with van der Waals surface area (Å²) in [6.45, 7) is 0. The van der Waals surface area contributed by atoms with E-state index < -0.39 is 0 Å². The molecule has 3 aromatic carbocycles. The van der Waals surface area contributed by atoms with Gasteiger partial charge in [0.15, 0.2) is 11.5 Å². The van der Waals surface area contributed by atoms with Crippen LogP contribution in [0.15, 0.2) is 65.1 Å². The third kappa shape index (κ3) is 5.45. The average molecular weight is 484 g/mol. The Bertz CT molecular complexity index is 1290. The summed E-state index contributed by atoms with van der Waals surface area (Å²) in [7, 11) is 3.12. The highest BCUT2D eigenvalue weighted by Crippen LogP contribution is 2.30. The van der Waals surface area contributed by atoms with Gasteiger partial charge in [0.05, 0.1) is 20.6 Å². The van der Waals surface area contributed by atoms with Crippen LogP contribution in [0.25, 0.3) is 22.9 Å². The lowest BCUT2D eigenvalue weighted by Gasteiger charge is -2.10. The Kier molecular flexibility index (Phi) is 6.82. The molecule has 9 heteroatoms. The number of aromatic nitrogens is 2. The van der Waals surface area contributed by atoms with E-state index in [0.29, 0.717) is 44.2 Å². The lowest BCUT2D eigenvalue weighted by Crippen LogP contribution is -2.14. The lowest BCUT2D eigenvalue weighted by atomic mass is 10.1. The van der Waals surface area contributed by atoms with Crippen molar-refractivity contribution >= 4 is 34.8 Å². The Morgan fingerprint density at radius 1 is 0.879 bits per heavy atom. The number of ether oxygens (including phenoxy) is 2. The van der Waals surface area contributed by atoms with Crippen molar-refractivity contribution in [2.24, 2.45) is 0 Å². The first kappa shape index (κ1) is 22.6. The molecule has 0 spiro atoms. The third-order valence-electron chi connectivity index (χ3n) is 4.74. The molecule has 0 atom stereocenters. The van der Waals surface area contributed by atoms with Crippen LogP contribution in [0.1, 0.15) is 5.56 Å². The number of rotatable bonds is 7. The van der Waals surface area contributed by atoms with Crippen molar-refractivity contribution in [1.82, 2.24) is 10.2 Å². The van der Waals surface area contributed by atoms with Gasteiger partial charge in [0, 0.05) is 26.9 Å². The molecule has 0 fully saturated rings. The predicted molar refractivity (Wildman–Crippen MR) is 127 cm³/mol. The maximum absolute atomic E-state index is 12.6. The van der Waals surface area contributed by atoms with Crippen LogP contribution in [-0.4, -0.2) is 30.3 Å². The Morgan fingerprint density at radius 3 is 2.27 bits per heavy atom. The summed E-state index contributed by atoms with van der Waals surface area (Å²) in [6, 6.07) is 17.5.